The van der Waals surface area contributed by atoms with E-state index in [1.165, 1.54) is 11.1 Å². The van der Waals surface area contributed by atoms with Crippen LogP contribution in [0.15, 0.2) is 12.1 Å². The molecule has 31 heavy (non-hydrogen) atoms. The largest absolute Gasteiger partial charge is 0.493 e. The molecule has 170 valence electrons. The lowest BCUT2D eigenvalue weighted by molar-refractivity contribution is -0.303. The van der Waals surface area contributed by atoms with Gasteiger partial charge in [0.1, 0.15) is 11.7 Å². The predicted octanol–water partition coefficient (Wildman–Crippen LogP) is 3.59. The predicted molar refractivity (Wildman–Crippen MR) is 119 cm³/mol. The zero-order valence-corrected chi connectivity index (χ0v) is 19.8. The molecule has 7 atom stereocenters. The van der Waals surface area contributed by atoms with E-state index >= 15 is 0 Å². The average Bonchev–Trinajstić information content (AvgIpc) is 3.09. The minimum atomic E-state index is -0.880. The fourth-order valence-electron chi connectivity index (χ4n) is 8.68. The number of ether oxygens (including phenoxy) is 3. The summed E-state index contributed by atoms with van der Waals surface area (Å²) in [4.78, 5) is 0. The molecule has 6 aliphatic rings. The zero-order chi connectivity index (χ0) is 22.0. The lowest BCUT2D eigenvalue weighted by Gasteiger charge is -2.74. The molecular formula is C26H37NO4. The second kappa shape index (κ2) is 5.78. The minimum Gasteiger partial charge on any atom is -0.493 e. The first kappa shape index (κ1) is 20.3. The Bertz CT molecular complexity index is 951. The van der Waals surface area contributed by atoms with Crippen molar-refractivity contribution in [1.29, 1.82) is 0 Å². The molecule has 7 rings (SSSR count). The van der Waals surface area contributed by atoms with Crippen LogP contribution >= 0.6 is 0 Å². The van der Waals surface area contributed by atoms with Crippen molar-refractivity contribution in [2.45, 2.75) is 88.6 Å². The van der Waals surface area contributed by atoms with Gasteiger partial charge in [-0.25, -0.2) is 0 Å². The topological polar surface area (TPSA) is 60.0 Å². The Labute approximate surface area is 185 Å². The summed E-state index contributed by atoms with van der Waals surface area (Å²) in [5.74, 6) is 1.77. The molecule has 2 aliphatic heterocycles. The summed E-state index contributed by atoms with van der Waals surface area (Å²) in [7, 11) is 3.57. The summed E-state index contributed by atoms with van der Waals surface area (Å²) >= 11 is 0. The number of rotatable bonds is 3. The van der Waals surface area contributed by atoms with Crippen LogP contribution < -0.4 is 14.8 Å². The molecule has 4 aliphatic carbocycles. The van der Waals surface area contributed by atoms with Crippen molar-refractivity contribution in [3.8, 4) is 11.5 Å². The van der Waals surface area contributed by atoms with E-state index < -0.39 is 11.2 Å². The van der Waals surface area contributed by atoms with Gasteiger partial charge in [-0.2, -0.15) is 0 Å². The molecule has 5 heteroatoms. The summed E-state index contributed by atoms with van der Waals surface area (Å²) in [6.45, 7) is 9.48. The molecule has 1 saturated heterocycles. The molecule has 0 radical (unpaired) electrons. The Balaban J connectivity index is 1.64. The molecule has 2 spiro atoms. The molecule has 1 aromatic rings. The second-order valence-electron chi connectivity index (χ2n) is 12.0. The average molecular weight is 428 g/mol. The third-order valence-corrected chi connectivity index (χ3v) is 10.6. The second-order valence-corrected chi connectivity index (χ2v) is 12.0. The normalized spacial score (nSPS) is 43.8. The number of hydrogen-bond acceptors (Lipinski definition) is 5. The van der Waals surface area contributed by atoms with Crippen LogP contribution in [-0.4, -0.2) is 49.2 Å². The molecule has 3 saturated carbocycles. The van der Waals surface area contributed by atoms with Crippen molar-refractivity contribution in [3.63, 3.8) is 0 Å². The summed E-state index contributed by atoms with van der Waals surface area (Å²) < 4.78 is 19.3. The highest BCUT2D eigenvalue weighted by atomic mass is 16.6. The minimum absolute atomic E-state index is 0.00105. The molecule has 4 bridgehead atoms. The standard InChI is InChI=1S/C26H37NO4/c1-22(2,3)23(4,28)17-14-24-9-10-26(17,30-6)21-25(24)11-12-27-18(24)13-15-7-8-16(29-5)20(31-21)19(15)25/h7-8,17-18,21,27-28H,9-14H2,1-6H3/t17-,18-,21-,23+,24+,25+,26?/m1/s1. The fraction of sp³-hybridized carbons (Fsp3) is 0.769. The Kier molecular flexibility index (Phi) is 3.79. The molecule has 1 unspecified atom stereocenters. The number of piperidine rings is 1. The molecule has 0 amide bonds. The van der Waals surface area contributed by atoms with Crippen molar-refractivity contribution < 1.29 is 19.3 Å². The van der Waals surface area contributed by atoms with Crippen LogP contribution in [0.1, 0.15) is 64.5 Å². The fourth-order valence-corrected chi connectivity index (χ4v) is 8.68. The Morgan fingerprint density at radius 1 is 1.13 bits per heavy atom. The summed E-state index contributed by atoms with van der Waals surface area (Å²) in [5.41, 5.74) is 1.13. The SMILES string of the molecule is COc1ccc2c3c1O[C@H]1C4(OC)CC[C@]5(C[C@@H]4[C@](C)(O)C(C)(C)C)[C@@H](C2)NCC[C@]315. The monoisotopic (exact) mass is 427 g/mol. The molecule has 2 heterocycles. The smallest absolute Gasteiger partial charge is 0.165 e. The number of methoxy groups -OCH3 is 2. The van der Waals surface area contributed by atoms with Crippen LogP contribution in [0.5, 0.6) is 11.5 Å². The molecule has 2 N–H and O–H groups in total. The lowest BCUT2D eigenvalue weighted by atomic mass is 9.33. The quantitative estimate of drug-likeness (QED) is 0.772. The van der Waals surface area contributed by atoms with Gasteiger partial charge in [0.25, 0.3) is 0 Å². The first-order chi connectivity index (χ1) is 14.6. The van der Waals surface area contributed by atoms with Crippen LogP contribution in [0.25, 0.3) is 0 Å². The van der Waals surface area contributed by atoms with E-state index in [0.717, 1.165) is 50.1 Å². The van der Waals surface area contributed by atoms with Gasteiger partial charge in [-0.15, -0.1) is 0 Å². The van der Waals surface area contributed by atoms with Gasteiger partial charge >= 0.3 is 0 Å². The van der Waals surface area contributed by atoms with E-state index in [0.29, 0.717) is 6.04 Å². The van der Waals surface area contributed by atoms with Gasteiger partial charge in [0, 0.05) is 35.5 Å². The van der Waals surface area contributed by atoms with Crippen molar-refractivity contribution in [3.05, 3.63) is 23.3 Å². The summed E-state index contributed by atoms with van der Waals surface area (Å²) in [6.07, 6.45) is 4.99. The molecule has 5 nitrogen and oxygen atoms in total. The van der Waals surface area contributed by atoms with Gasteiger partial charge in [0.15, 0.2) is 11.5 Å². The molecule has 1 aromatic carbocycles. The van der Waals surface area contributed by atoms with Crippen molar-refractivity contribution in [2.24, 2.45) is 16.7 Å². The van der Waals surface area contributed by atoms with E-state index in [2.05, 4.69) is 38.2 Å². The first-order valence-corrected chi connectivity index (χ1v) is 12.0. The van der Waals surface area contributed by atoms with Crippen LogP contribution in [-0.2, 0) is 16.6 Å². The highest BCUT2D eigenvalue weighted by Gasteiger charge is 2.81. The first-order valence-electron chi connectivity index (χ1n) is 12.0. The Hall–Kier alpha value is -1.30. The van der Waals surface area contributed by atoms with Gasteiger partial charge < -0.3 is 24.6 Å². The van der Waals surface area contributed by atoms with E-state index in [4.69, 9.17) is 14.2 Å². The van der Waals surface area contributed by atoms with Crippen LogP contribution in [0.2, 0.25) is 0 Å². The molecule has 0 aromatic heterocycles. The lowest BCUT2D eigenvalue weighted by Crippen LogP contribution is -2.83. The maximum Gasteiger partial charge on any atom is 0.165 e. The summed E-state index contributed by atoms with van der Waals surface area (Å²) in [5, 5.41) is 15.9. The third kappa shape index (κ3) is 1.98. The number of nitrogens with one attached hydrogen (secondary N) is 1. The van der Waals surface area contributed by atoms with Crippen molar-refractivity contribution in [1.82, 2.24) is 5.32 Å². The number of hydrogen-bond donors (Lipinski definition) is 2. The highest BCUT2D eigenvalue weighted by Crippen LogP contribution is 2.77. The number of fused-ring (bicyclic) bond motifs is 2. The van der Waals surface area contributed by atoms with Crippen molar-refractivity contribution in [2.75, 3.05) is 20.8 Å². The van der Waals surface area contributed by atoms with Gasteiger partial charge in [0.05, 0.1) is 12.7 Å². The van der Waals surface area contributed by atoms with E-state index in [-0.39, 0.29) is 28.3 Å². The van der Waals surface area contributed by atoms with Gasteiger partial charge in [-0.3, -0.25) is 0 Å². The van der Waals surface area contributed by atoms with Gasteiger partial charge in [0.2, 0.25) is 0 Å². The third-order valence-electron chi connectivity index (χ3n) is 10.6. The summed E-state index contributed by atoms with van der Waals surface area (Å²) in [6, 6.07) is 4.73. The van der Waals surface area contributed by atoms with Crippen LogP contribution in [0.3, 0.4) is 0 Å². The van der Waals surface area contributed by atoms with E-state index in [1.54, 1.807) is 7.11 Å². The maximum atomic E-state index is 12.0. The van der Waals surface area contributed by atoms with E-state index in [9.17, 15) is 5.11 Å². The van der Waals surface area contributed by atoms with Crippen molar-refractivity contribution >= 4 is 0 Å². The van der Waals surface area contributed by atoms with Gasteiger partial charge in [-0.1, -0.05) is 26.8 Å². The zero-order valence-electron chi connectivity index (χ0n) is 19.8. The Morgan fingerprint density at radius 2 is 1.90 bits per heavy atom. The van der Waals surface area contributed by atoms with E-state index in [1.807, 2.05) is 14.0 Å². The maximum absolute atomic E-state index is 12.0. The number of benzene rings is 1. The van der Waals surface area contributed by atoms with Crippen LogP contribution in [0.4, 0.5) is 0 Å². The van der Waals surface area contributed by atoms with Crippen LogP contribution in [0, 0.1) is 16.7 Å². The highest BCUT2D eigenvalue weighted by molar-refractivity contribution is 5.63. The molecular weight excluding hydrogens is 390 g/mol. The Morgan fingerprint density at radius 3 is 2.58 bits per heavy atom. The molecule has 4 fully saturated rings. The van der Waals surface area contributed by atoms with Gasteiger partial charge in [-0.05, 0) is 62.6 Å². The number of aliphatic hydroxyl groups is 1.